The van der Waals surface area contributed by atoms with Gasteiger partial charge in [0.15, 0.2) is 0 Å². The van der Waals surface area contributed by atoms with Gasteiger partial charge in [0.05, 0.1) is 6.54 Å². The van der Waals surface area contributed by atoms with Crippen molar-refractivity contribution in [2.45, 2.75) is 57.7 Å². The van der Waals surface area contributed by atoms with Crippen molar-refractivity contribution in [3.05, 3.63) is 0 Å². The van der Waals surface area contributed by atoms with E-state index in [-0.39, 0.29) is 18.5 Å². The topological polar surface area (TPSA) is 49.6 Å². The van der Waals surface area contributed by atoms with Gasteiger partial charge >= 0.3 is 0 Å². The monoisotopic (exact) mass is 241 g/mol. The smallest absolute Gasteiger partial charge is 0.236 e. The first kappa shape index (κ1) is 14.5. The van der Waals surface area contributed by atoms with E-state index in [1.54, 1.807) is 0 Å². The fourth-order valence-electron chi connectivity index (χ4n) is 2.98. The quantitative estimate of drug-likeness (QED) is 0.800. The van der Waals surface area contributed by atoms with Gasteiger partial charge < -0.3 is 15.5 Å². The van der Waals surface area contributed by atoms with E-state index in [0.29, 0.717) is 12.1 Å². The van der Waals surface area contributed by atoms with Crippen molar-refractivity contribution in [2.75, 3.05) is 20.6 Å². The van der Waals surface area contributed by atoms with Gasteiger partial charge in [-0.15, -0.1) is 0 Å². The van der Waals surface area contributed by atoms with Crippen LogP contribution in [-0.2, 0) is 4.79 Å². The lowest BCUT2D eigenvalue weighted by Gasteiger charge is -2.44. The highest BCUT2D eigenvalue weighted by atomic mass is 16.2. The molecular weight excluding hydrogens is 214 g/mol. The van der Waals surface area contributed by atoms with Crippen LogP contribution in [0, 0.1) is 0 Å². The summed E-state index contributed by atoms with van der Waals surface area (Å²) in [6, 6.07) is 1.04. The Labute approximate surface area is 105 Å². The van der Waals surface area contributed by atoms with E-state index < -0.39 is 0 Å². The fraction of sp³-hybridized carbons (Fsp3) is 0.923. The van der Waals surface area contributed by atoms with Gasteiger partial charge in [-0.25, -0.2) is 0 Å². The number of hydrogen-bond acceptors (Lipinski definition) is 3. The van der Waals surface area contributed by atoms with Crippen molar-refractivity contribution in [3.63, 3.8) is 0 Å². The van der Waals surface area contributed by atoms with Crippen LogP contribution in [0.2, 0.25) is 0 Å². The van der Waals surface area contributed by atoms with Crippen molar-refractivity contribution in [2.24, 2.45) is 5.73 Å². The maximum atomic E-state index is 12.0. The van der Waals surface area contributed by atoms with Crippen LogP contribution in [0.5, 0.6) is 0 Å². The minimum Gasteiger partial charge on any atom is -0.335 e. The van der Waals surface area contributed by atoms with Crippen LogP contribution in [0.1, 0.15) is 39.5 Å². The Kier molecular flexibility index (Phi) is 5.40. The lowest BCUT2D eigenvalue weighted by atomic mass is 9.87. The van der Waals surface area contributed by atoms with Gasteiger partial charge in [-0.1, -0.05) is 12.8 Å². The van der Waals surface area contributed by atoms with E-state index >= 15 is 0 Å². The first-order valence-corrected chi connectivity index (χ1v) is 6.66. The summed E-state index contributed by atoms with van der Waals surface area (Å²) in [6.45, 7) is 4.28. The molecule has 4 heteroatoms. The molecule has 0 spiro atoms. The molecule has 0 aliphatic heterocycles. The molecule has 0 radical (unpaired) electrons. The lowest BCUT2D eigenvalue weighted by molar-refractivity contribution is -0.136. The standard InChI is InChI=1S/C13H27N3O/c1-10(2)16(13(17)9-14)12-8-6-5-7-11(12)15(3)4/h10-12H,5-9,14H2,1-4H3/t11-,12+/m0/s1. The third kappa shape index (κ3) is 3.42. The molecule has 0 heterocycles. The van der Waals surface area contributed by atoms with Gasteiger partial charge in [0.25, 0.3) is 0 Å². The summed E-state index contributed by atoms with van der Waals surface area (Å²) < 4.78 is 0. The summed E-state index contributed by atoms with van der Waals surface area (Å²) >= 11 is 0. The van der Waals surface area contributed by atoms with E-state index in [2.05, 4.69) is 32.8 Å². The molecule has 0 aromatic carbocycles. The number of nitrogens with two attached hydrogens (primary N) is 1. The van der Waals surface area contributed by atoms with E-state index in [4.69, 9.17) is 5.73 Å². The molecule has 1 aliphatic rings. The molecule has 0 saturated heterocycles. The molecule has 1 fully saturated rings. The normalized spacial score (nSPS) is 25.4. The summed E-state index contributed by atoms with van der Waals surface area (Å²) in [6.07, 6.45) is 4.77. The maximum Gasteiger partial charge on any atom is 0.236 e. The Morgan fingerprint density at radius 1 is 1.24 bits per heavy atom. The van der Waals surface area contributed by atoms with Gasteiger partial charge in [-0.05, 0) is 40.8 Å². The van der Waals surface area contributed by atoms with Gasteiger partial charge in [0, 0.05) is 18.1 Å². The highest BCUT2D eigenvalue weighted by molar-refractivity contribution is 5.78. The van der Waals surface area contributed by atoms with E-state index in [1.165, 1.54) is 19.3 Å². The molecular formula is C13H27N3O. The zero-order valence-electron chi connectivity index (χ0n) is 11.6. The Morgan fingerprint density at radius 3 is 2.18 bits per heavy atom. The average Bonchev–Trinajstić information content (AvgIpc) is 2.29. The first-order valence-electron chi connectivity index (χ1n) is 6.66. The van der Waals surface area contributed by atoms with Crippen molar-refractivity contribution >= 4 is 5.91 Å². The van der Waals surface area contributed by atoms with Crippen LogP contribution < -0.4 is 5.73 Å². The van der Waals surface area contributed by atoms with E-state index in [0.717, 1.165) is 6.42 Å². The fourth-order valence-corrected chi connectivity index (χ4v) is 2.98. The Hall–Kier alpha value is -0.610. The molecule has 4 nitrogen and oxygen atoms in total. The highest BCUT2D eigenvalue weighted by Gasteiger charge is 2.34. The van der Waals surface area contributed by atoms with Crippen LogP contribution in [0.25, 0.3) is 0 Å². The molecule has 0 unspecified atom stereocenters. The molecule has 1 amide bonds. The maximum absolute atomic E-state index is 12.0. The summed E-state index contributed by atoms with van der Waals surface area (Å²) in [5, 5.41) is 0. The number of hydrogen-bond donors (Lipinski definition) is 1. The third-order valence-corrected chi connectivity index (χ3v) is 3.73. The second-order valence-corrected chi connectivity index (χ2v) is 5.48. The highest BCUT2D eigenvalue weighted by Crippen LogP contribution is 2.27. The zero-order chi connectivity index (χ0) is 13.0. The van der Waals surface area contributed by atoms with Crippen molar-refractivity contribution in [3.8, 4) is 0 Å². The Balaban J connectivity index is 2.86. The van der Waals surface area contributed by atoms with Crippen LogP contribution >= 0.6 is 0 Å². The summed E-state index contributed by atoms with van der Waals surface area (Å²) in [4.78, 5) is 16.3. The van der Waals surface area contributed by atoms with Crippen molar-refractivity contribution in [1.82, 2.24) is 9.80 Å². The Bertz CT molecular complexity index is 253. The minimum absolute atomic E-state index is 0.0822. The number of carbonyl (C=O) groups excluding carboxylic acids is 1. The SMILES string of the molecule is CC(C)N(C(=O)CN)[C@@H]1CCCC[C@@H]1N(C)C. The first-order chi connectivity index (χ1) is 7.99. The molecule has 1 rings (SSSR count). The van der Waals surface area contributed by atoms with Crippen molar-refractivity contribution < 1.29 is 4.79 Å². The van der Waals surface area contributed by atoms with E-state index in [9.17, 15) is 4.79 Å². The number of amides is 1. The minimum atomic E-state index is 0.0822. The molecule has 100 valence electrons. The predicted octanol–water partition coefficient (Wildman–Crippen LogP) is 1.05. The predicted molar refractivity (Wildman–Crippen MR) is 70.8 cm³/mol. The largest absolute Gasteiger partial charge is 0.335 e. The summed E-state index contributed by atoms with van der Waals surface area (Å²) in [7, 11) is 4.21. The molecule has 0 aromatic heterocycles. The molecule has 1 aliphatic carbocycles. The number of rotatable bonds is 4. The van der Waals surface area contributed by atoms with Crippen LogP contribution in [-0.4, -0.2) is 54.5 Å². The molecule has 0 aromatic rings. The second-order valence-electron chi connectivity index (χ2n) is 5.48. The number of nitrogens with zero attached hydrogens (tertiary/aromatic N) is 2. The van der Waals surface area contributed by atoms with Crippen molar-refractivity contribution in [1.29, 1.82) is 0 Å². The molecule has 2 N–H and O–H groups in total. The summed E-state index contributed by atoms with van der Waals surface area (Å²) in [5.41, 5.74) is 5.53. The number of likely N-dealkylation sites (N-methyl/N-ethyl adjacent to an activating group) is 1. The molecule has 0 bridgehead atoms. The van der Waals surface area contributed by atoms with Crippen LogP contribution in [0.15, 0.2) is 0 Å². The Morgan fingerprint density at radius 2 is 1.76 bits per heavy atom. The zero-order valence-corrected chi connectivity index (χ0v) is 11.6. The summed E-state index contributed by atoms with van der Waals surface area (Å²) in [5.74, 6) is 0.0822. The van der Waals surface area contributed by atoms with Gasteiger partial charge in [0.1, 0.15) is 0 Å². The second kappa shape index (κ2) is 6.36. The van der Waals surface area contributed by atoms with Crippen LogP contribution in [0.3, 0.4) is 0 Å². The van der Waals surface area contributed by atoms with E-state index in [1.807, 2.05) is 4.90 Å². The average molecular weight is 241 g/mol. The van der Waals surface area contributed by atoms with Gasteiger partial charge in [-0.3, -0.25) is 4.79 Å². The molecule has 17 heavy (non-hydrogen) atoms. The lowest BCUT2D eigenvalue weighted by Crippen LogP contribution is -2.56. The molecule has 2 atom stereocenters. The third-order valence-electron chi connectivity index (χ3n) is 3.73. The van der Waals surface area contributed by atoms with Gasteiger partial charge in [-0.2, -0.15) is 0 Å². The number of carbonyl (C=O) groups is 1. The van der Waals surface area contributed by atoms with Gasteiger partial charge in [0.2, 0.25) is 5.91 Å². The van der Waals surface area contributed by atoms with Crippen LogP contribution in [0.4, 0.5) is 0 Å². The molecule has 1 saturated carbocycles.